The summed E-state index contributed by atoms with van der Waals surface area (Å²) in [4.78, 5) is 14.7. The molecule has 150 valence electrons. The van der Waals surface area contributed by atoms with Gasteiger partial charge in [0.05, 0.1) is 10.6 Å². The summed E-state index contributed by atoms with van der Waals surface area (Å²) in [6.07, 6.45) is 2.72. The van der Waals surface area contributed by atoms with Gasteiger partial charge in [0.2, 0.25) is 5.91 Å². The zero-order chi connectivity index (χ0) is 20.5. The van der Waals surface area contributed by atoms with Crippen molar-refractivity contribution in [1.29, 1.82) is 0 Å². The van der Waals surface area contributed by atoms with Gasteiger partial charge in [-0.15, -0.1) is 0 Å². The second kappa shape index (κ2) is 7.59. The number of rotatable bonds is 5. The molecule has 5 nitrogen and oxygen atoms in total. The molecule has 0 atom stereocenters. The Hall–Kier alpha value is -2.34. The Morgan fingerprint density at radius 2 is 1.79 bits per heavy atom. The molecule has 28 heavy (non-hydrogen) atoms. The number of sulfonamides is 1. The Morgan fingerprint density at radius 3 is 2.39 bits per heavy atom. The lowest BCUT2D eigenvalue weighted by Gasteiger charge is -2.26. The third-order valence-electron chi connectivity index (χ3n) is 4.89. The summed E-state index contributed by atoms with van der Waals surface area (Å²) in [5.74, 6) is 0.0396. The quantitative estimate of drug-likeness (QED) is 0.810. The first-order valence-corrected chi connectivity index (χ1v) is 11.2. The van der Waals surface area contributed by atoms with Crippen molar-refractivity contribution in [3.8, 4) is 0 Å². The van der Waals surface area contributed by atoms with Crippen molar-refractivity contribution in [3.63, 3.8) is 0 Å². The third kappa shape index (κ3) is 4.22. The van der Waals surface area contributed by atoms with E-state index in [0.29, 0.717) is 12.2 Å². The summed E-state index contributed by atoms with van der Waals surface area (Å²) in [6, 6.07) is 12.4. The van der Waals surface area contributed by atoms with Gasteiger partial charge >= 0.3 is 0 Å². The van der Waals surface area contributed by atoms with E-state index in [-0.39, 0.29) is 10.8 Å². The number of fused-ring (bicyclic) bond motifs is 1. The second-order valence-electron chi connectivity index (χ2n) is 8.30. The van der Waals surface area contributed by atoms with Gasteiger partial charge in [-0.05, 0) is 48.2 Å². The van der Waals surface area contributed by atoms with Gasteiger partial charge in [-0.25, -0.2) is 8.42 Å². The van der Waals surface area contributed by atoms with E-state index in [4.69, 9.17) is 0 Å². The molecule has 0 radical (unpaired) electrons. The van der Waals surface area contributed by atoms with Crippen LogP contribution in [0.1, 0.15) is 45.2 Å². The zero-order valence-electron chi connectivity index (χ0n) is 17.0. The molecular formula is C22H28N2O3S. The number of nitrogens with one attached hydrogen (secondary N) is 1. The Kier molecular flexibility index (Phi) is 5.53. The minimum atomic E-state index is -3.68. The van der Waals surface area contributed by atoms with E-state index in [1.54, 1.807) is 29.2 Å². The zero-order valence-corrected chi connectivity index (χ0v) is 17.8. The lowest BCUT2D eigenvalue weighted by Crippen LogP contribution is -2.38. The van der Waals surface area contributed by atoms with Crippen molar-refractivity contribution in [2.24, 2.45) is 5.41 Å². The molecule has 2 aromatic carbocycles. The highest BCUT2D eigenvalue weighted by molar-refractivity contribution is 7.92. The van der Waals surface area contributed by atoms with Gasteiger partial charge in [0, 0.05) is 17.6 Å². The van der Waals surface area contributed by atoms with Gasteiger partial charge in [-0.3, -0.25) is 9.52 Å². The van der Waals surface area contributed by atoms with E-state index in [1.165, 1.54) is 0 Å². The van der Waals surface area contributed by atoms with Gasteiger partial charge in [0.15, 0.2) is 0 Å². The molecule has 0 spiro atoms. The molecule has 1 aliphatic heterocycles. The molecule has 3 rings (SSSR count). The smallest absolute Gasteiger partial charge is 0.261 e. The first kappa shape index (κ1) is 20.4. The third-order valence-corrected chi connectivity index (χ3v) is 6.29. The lowest BCUT2D eigenvalue weighted by atomic mass is 9.94. The monoisotopic (exact) mass is 400 g/mol. The van der Waals surface area contributed by atoms with Crippen molar-refractivity contribution < 1.29 is 13.2 Å². The number of amides is 1. The average molecular weight is 401 g/mol. The molecule has 1 amide bonds. The van der Waals surface area contributed by atoms with Crippen molar-refractivity contribution >= 4 is 27.3 Å². The predicted molar refractivity (Wildman–Crippen MR) is 113 cm³/mol. The molecule has 0 fully saturated rings. The maximum atomic E-state index is 12.8. The molecule has 0 saturated carbocycles. The van der Waals surface area contributed by atoms with E-state index < -0.39 is 15.4 Å². The summed E-state index contributed by atoms with van der Waals surface area (Å²) in [5.41, 5.74) is 2.94. The fraction of sp³-hybridized carbons (Fsp3) is 0.409. The van der Waals surface area contributed by atoms with Crippen LogP contribution in [0, 0.1) is 5.41 Å². The molecule has 0 bridgehead atoms. The highest BCUT2D eigenvalue weighted by Gasteiger charge is 2.32. The number of hydrogen-bond donors (Lipinski definition) is 1. The van der Waals surface area contributed by atoms with E-state index in [0.717, 1.165) is 36.1 Å². The van der Waals surface area contributed by atoms with E-state index in [2.05, 4.69) is 11.6 Å². The van der Waals surface area contributed by atoms with E-state index >= 15 is 0 Å². The van der Waals surface area contributed by atoms with Crippen LogP contribution < -0.4 is 9.62 Å². The normalized spacial score (nSPS) is 14.1. The van der Waals surface area contributed by atoms with Crippen LogP contribution in [0.4, 0.5) is 11.4 Å². The van der Waals surface area contributed by atoms with Crippen molar-refractivity contribution in [3.05, 3.63) is 53.6 Å². The largest absolute Gasteiger partial charge is 0.311 e. The topological polar surface area (TPSA) is 66.5 Å². The number of hydrogen-bond acceptors (Lipinski definition) is 3. The van der Waals surface area contributed by atoms with Crippen LogP contribution >= 0.6 is 0 Å². The van der Waals surface area contributed by atoms with Gasteiger partial charge in [-0.1, -0.05) is 52.3 Å². The molecule has 1 aliphatic rings. The van der Waals surface area contributed by atoms with Crippen molar-refractivity contribution in [2.75, 3.05) is 16.2 Å². The number of nitrogens with zero attached hydrogens (tertiary/aromatic N) is 1. The van der Waals surface area contributed by atoms with Crippen LogP contribution in [0.25, 0.3) is 0 Å². The first-order chi connectivity index (χ1) is 13.1. The number of carbonyl (C=O) groups is 1. The van der Waals surface area contributed by atoms with Crippen LogP contribution in [0.5, 0.6) is 0 Å². The molecule has 0 aromatic heterocycles. The standard InChI is InChI=1S/C22H28N2O3S/c1-5-6-16-7-11-19(12-8-16)28(26,27)23-18-10-9-17-13-14-24(20(17)15-18)21(25)22(2,3)4/h7-12,15,23H,5-6,13-14H2,1-4H3. The molecule has 0 unspecified atom stereocenters. The summed E-state index contributed by atoms with van der Waals surface area (Å²) in [6.45, 7) is 8.39. The Morgan fingerprint density at radius 1 is 1.11 bits per heavy atom. The number of carbonyl (C=O) groups excluding carboxylic acids is 1. The molecule has 0 aliphatic carbocycles. The van der Waals surface area contributed by atoms with Crippen molar-refractivity contribution in [2.45, 2.75) is 51.9 Å². The Balaban J connectivity index is 1.84. The fourth-order valence-corrected chi connectivity index (χ4v) is 4.45. The summed E-state index contributed by atoms with van der Waals surface area (Å²) in [5, 5.41) is 0. The van der Waals surface area contributed by atoms with E-state index in [9.17, 15) is 13.2 Å². The van der Waals surface area contributed by atoms with Crippen LogP contribution in [0.3, 0.4) is 0 Å². The van der Waals surface area contributed by atoms with Crippen LogP contribution in [-0.4, -0.2) is 20.9 Å². The van der Waals surface area contributed by atoms with E-state index in [1.807, 2.05) is 39.0 Å². The first-order valence-electron chi connectivity index (χ1n) is 9.68. The average Bonchev–Trinajstić information content (AvgIpc) is 3.03. The molecular weight excluding hydrogens is 372 g/mol. The van der Waals surface area contributed by atoms with Gasteiger partial charge < -0.3 is 4.90 Å². The number of benzene rings is 2. The van der Waals surface area contributed by atoms with Crippen LogP contribution in [0.2, 0.25) is 0 Å². The summed E-state index contributed by atoms with van der Waals surface area (Å²) in [7, 11) is -3.68. The Bertz CT molecular complexity index is 974. The minimum absolute atomic E-state index is 0.0396. The molecule has 2 aromatic rings. The maximum Gasteiger partial charge on any atom is 0.261 e. The van der Waals surface area contributed by atoms with Gasteiger partial charge in [0.25, 0.3) is 10.0 Å². The molecule has 1 N–H and O–H groups in total. The molecule has 6 heteroatoms. The highest BCUT2D eigenvalue weighted by atomic mass is 32.2. The predicted octanol–water partition coefficient (Wildman–Crippen LogP) is 4.38. The SMILES string of the molecule is CCCc1ccc(S(=O)(=O)Nc2ccc3c(c2)N(C(=O)C(C)(C)C)CC3)cc1. The lowest BCUT2D eigenvalue weighted by molar-refractivity contribution is -0.125. The van der Waals surface area contributed by atoms with Crippen LogP contribution in [-0.2, 0) is 27.7 Å². The summed E-state index contributed by atoms with van der Waals surface area (Å²) >= 11 is 0. The fourth-order valence-electron chi connectivity index (χ4n) is 3.40. The van der Waals surface area contributed by atoms with Crippen LogP contribution in [0.15, 0.2) is 47.4 Å². The van der Waals surface area contributed by atoms with Crippen molar-refractivity contribution in [1.82, 2.24) is 0 Å². The molecule has 1 heterocycles. The second-order valence-corrected chi connectivity index (χ2v) is 9.98. The summed E-state index contributed by atoms with van der Waals surface area (Å²) < 4.78 is 28.2. The minimum Gasteiger partial charge on any atom is -0.311 e. The highest BCUT2D eigenvalue weighted by Crippen LogP contribution is 2.34. The maximum absolute atomic E-state index is 12.8. The number of anilines is 2. The van der Waals surface area contributed by atoms with Gasteiger partial charge in [-0.2, -0.15) is 0 Å². The Labute approximate surface area is 167 Å². The van der Waals surface area contributed by atoms with Gasteiger partial charge in [0.1, 0.15) is 0 Å². The number of aryl methyl sites for hydroxylation is 1. The molecule has 0 saturated heterocycles.